The fraction of sp³-hybridized carbons (Fsp3) is 0.500. The lowest BCUT2D eigenvalue weighted by Gasteiger charge is -2.06. The minimum Gasteiger partial charge on any atom is -0.480 e. The van der Waals surface area contributed by atoms with Crippen LogP contribution in [0.4, 0.5) is 0 Å². The molecule has 2 atom stereocenters. The van der Waals surface area contributed by atoms with E-state index in [1.807, 2.05) is 13.8 Å². The van der Waals surface area contributed by atoms with Crippen LogP contribution in [0.3, 0.4) is 0 Å². The number of carbonyl (C=O) groups is 2. The molecule has 2 rings (SSSR count). The van der Waals surface area contributed by atoms with Crippen molar-refractivity contribution in [3.05, 3.63) is 23.8 Å². The number of hydrogen-bond donors (Lipinski definition) is 5. The third kappa shape index (κ3) is 8.76. The zero-order valence-electron chi connectivity index (χ0n) is 14.1. The van der Waals surface area contributed by atoms with E-state index in [1.54, 1.807) is 24.3 Å². The molecule has 1 aromatic heterocycles. The number of amides is 1. The summed E-state index contributed by atoms with van der Waals surface area (Å²) >= 11 is 0. The molecule has 0 radical (unpaired) electrons. The maximum Gasteiger partial charge on any atom is 0.323 e. The zero-order valence-corrected chi connectivity index (χ0v) is 14.1. The Morgan fingerprint density at radius 3 is 1.96 bits per heavy atom. The molecule has 2 heterocycles. The number of nitrogens with one attached hydrogen (secondary N) is 2. The van der Waals surface area contributed by atoms with E-state index in [4.69, 9.17) is 21.4 Å². The molecule has 0 spiro atoms. The van der Waals surface area contributed by atoms with Crippen LogP contribution in [0.5, 0.6) is 0 Å². The number of aliphatic hydroxyl groups excluding tert-OH is 1. The van der Waals surface area contributed by atoms with Gasteiger partial charge in [0.2, 0.25) is 5.91 Å². The van der Waals surface area contributed by atoms with Gasteiger partial charge in [-0.15, -0.1) is 0 Å². The topological polar surface area (TPSA) is 166 Å². The Balaban J connectivity index is 0.000000331. The highest BCUT2D eigenvalue weighted by Crippen LogP contribution is 1.89. The first-order valence-corrected chi connectivity index (χ1v) is 7.05. The summed E-state index contributed by atoms with van der Waals surface area (Å²) in [4.78, 5) is 29.8. The molecule has 1 amide bonds. The third-order valence-electron chi connectivity index (χ3n) is 2.74. The van der Waals surface area contributed by atoms with Crippen LogP contribution in [-0.4, -0.2) is 68.7 Å². The van der Waals surface area contributed by atoms with Gasteiger partial charge >= 0.3 is 5.97 Å². The summed E-state index contributed by atoms with van der Waals surface area (Å²) in [5.74, 6) is -1.09. The maximum absolute atomic E-state index is 10.4. The molecule has 0 aliphatic carbocycles. The normalized spacial score (nSPS) is 15.3. The number of carbonyl (C=O) groups excluding carboxylic acids is 1. The van der Waals surface area contributed by atoms with Crippen molar-refractivity contribution in [2.24, 2.45) is 5.73 Å². The second kappa shape index (κ2) is 10.2. The molecule has 24 heavy (non-hydrogen) atoms. The number of guanidine groups is 1. The van der Waals surface area contributed by atoms with Crippen LogP contribution in [0.15, 0.2) is 12.4 Å². The van der Waals surface area contributed by atoms with Crippen molar-refractivity contribution in [3.63, 3.8) is 0 Å². The Kier molecular flexibility index (Phi) is 9.13. The van der Waals surface area contributed by atoms with E-state index in [0.29, 0.717) is 6.54 Å². The van der Waals surface area contributed by atoms with Crippen LogP contribution in [0.25, 0.3) is 0 Å². The van der Waals surface area contributed by atoms with Crippen LogP contribution in [0.2, 0.25) is 0 Å². The van der Waals surface area contributed by atoms with Gasteiger partial charge in [0.25, 0.3) is 0 Å². The van der Waals surface area contributed by atoms with Gasteiger partial charge in [-0.1, -0.05) is 0 Å². The molecule has 0 saturated carbocycles. The summed E-state index contributed by atoms with van der Waals surface area (Å²) in [5.41, 5.74) is 6.85. The second-order valence-electron chi connectivity index (χ2n) is 5.16. The molecule has 134 valence electrons. The molecular formula is C14H24N6O4. The number of aliphatic carboxylic acids is 1. The second-order valence-corrected chi connectivity index (χ2v) is 5.16. The number of nitrogens with two attached hydrogens (primary N) is 1. The van der Waals surface area contributed by atoms with E-state index >= 15 is 0 Å². The average molecular weight is 340 g/mol. The number of aryl methyl sites for hydroxylation is 2. The molecule has 1 aromatic rings. The first-order valence-electron chi connectivity index (χ1n) is 7.05. The van der Waals surface area contributed by atoms with Crippen LogP contribution in [0.1, 0.15) is 18.3 Å². The standard InChI is InChI=1S/C6H8N2.C4H7N3O.C4H9NO3/c1-5-3-8-6(2)4-7-5;1-7-2-3(8)6-4(7)5;1-2(6)3(5)4(7)8/h3-4H,1-2H3;2H2,1H3,(H2,5,6,8);2-3,6H,5H2,1H3,(H,7,8)/t;;2-,3+/m..1/s1. The average Bonchev–Trinajstić information content (AvgIpc) is 2.78. The maximum atomic E-state index is 10.4. The lowest BCUT2D eigenvalue weighted by Crippen LogP contribution is -2.39. The van der Waals surface area contributed by atoms with Crippen LogP contribution in [0, 0.1) is 19.3 Å². The number of carboxylic acid groups (broad SMARTS) is 1. The third-order valence-corrected chi connectivity index (χ3v) is 2.74. The smallest absolute Gasteiger partial charge is 0.323 e. The quantitative estimate of drug-likeness (QED) is 0.450. The predicted molar refractivity (Wildman–Crippen MR) is 87.3 cm³/mol. The fourth-order valence-electron chi connectivity index (χ4n) is 1.22. The fourth-order valence-corrected chi connectivity index (χ4v) is 1.22. The van der Waals surface area contributed by atoms with Gasteiger partial charge in [0.15, 0.2) is 5.96 Å². The van der Waals surface area contributed by atoms with Gasteiger partial charge in [0.1, 0.15) is 6.04 Å². The lowest BCUT2D eigenvalue weighted by atomic mass is 10.2. The summed E-state index contributed by atoms with van der Waals surface area (Å²) in [6, 6.07) is -1.16. The van der Waals surface area contributed by atoms with Gasteiger partial charge in [-0.25, -0.2) is 0 Å². The van der Waals surface area contributed by atoms with E-state index in [9.17, 15) is 9.59 Å². The molecule has 0 unspecified atom stereocenters. The summed E-state index contributed by atoms with van der Waals surface area (Å²) in [5, 5.41) is 25.9. The molecule has 0 bridgehead atoms. The zero-order chi connectivity index (χ0) is 18.9. The highest BCUT2D eigenvalue weighted by atomic mass is 16.4. The first-order chi connectivity index (χ1) is 11.0. The van der Waals surface area contributed by atoms with E-state index in [1.165, 1.54) is 6.92 Å². The van der Waals surface area contributed by atoms with Crippen molar-refractivity contribution >= 4 is 17.8 Å². The van der Waals surface area contributed by atoms with Crippen molar-refractivity contribution < 1.29 is 19.8 Å². The highest BCUT2D eigenvalue weighted by molar-refractivity contribution is 6.02. The van der Waals surface area contributed by atoms with Crippen molar-refractivity contribution in [2.75, 3.05) is 13.6 Å². The van der Waals surface area contributed by atoms with Crippen molar-refractivity contribution in [1.29, 1.82) is 5.41 Å². The number of likely N-dealkylation sites (N-methyl/N-ethyl adjacent to an activating group) is 1. The number of carboxylic acids is 1. The minimum absolute atomic E-state index is 0.0995. The molecule has 10 nitrogen and oxygen atoms in total. The van der Waals surface area contributed by atoms with Gasteiger partial charge in [-0.05, 0) is 20.8 Å². The van der Waals surface area contributed by atoms with Gasteiger partial charge < -0.3 is 20.8 Å². The Morgan fingerprint density at radius 1 is 1.38 bits per heavy atom. The summed E-state index contributed by atoms with van der Waals surface area (Å²) in [6.45, 7) is 5.50. The number of aliphatic hydroxyl groups is 1. The summed E-state index contributed by atoms with van der Waals surface area (Å²) in [7, 11) is 1.69. The molecule has 0 aromatic carbocycles. The number of rotatable bonds is 2. The first kappa shape index (κ1) is 21.4. The predicted octanol–water partition coefficient (Wildman–Crippen LogP) is -1.14. The van der Waals surface area contributed by atoms with Crippen LogP contribution in [-0.2, 0) is 9.59 Å². The monoisotopic (exact) mass is 340 g/mol. The van der Waals surface area contributed by atoms with E-state index in [2.05, 4.69) is 15.3 Å². The lowest BCUT2D eigenvalue weighted by molar-refractivity contribution is -0.140. The van der Waals surface area contributed by atoms with E-state index in [-0.39, 0.29) is 11.9 Å². The summed E-state index contributed by atoms with van der Waals surface area (Å²) < 4.78 is 0. The summed E-state index contributed by atoms with van der Waals surface area (Å²) in [6.07, 6.45) is 2.54. The molecular weight excluding hydrogens is 316 g/mol. The minimum atomic E-state index is -1.18. The highest BCUT2D eigenvalue weighted by Gasteiger charge is 2.18. The Hall–Kier alpha value is -2.59. The Morgan fingerprint density at radius 2 is 1.83 bits per heavy atom. The van der Waals surface area contributed by atoms with Crippen molar-refractivity contribution in [3.8, 4) is 0 Å². The van der Waals surface area contributed by atoms with Crippen LogP contribution < -0.4 is 11.1 Å². The van der Waals surface area contributed by atoms with Gasteiger partial charge in [-0.2, -0.15) is 0 Å². The number of aromatic nitrogens is 2. The number of hydrogen-bond acceptors (Lipinski definition) is 7. The van der Waals surface area contributed by atoms with Gasteiger partial charge in [0, 0.05) is 19.4 Å². The molecule has 1 saturated heterocycles. The largest absolute Gasteiger partial charge is 0.480 e. The van der Waals surface area contributed by atoms with Gasteiger partial charge in [-0.3, -0.25) is 30.3 Å². The molecule has 6 N–H and O–H groups in total. The number of nitrogens with zero attached hydrogens (tertiary/aromatic N) is 3. The molecule has 1 fully saturated rings. The molecule has 10 heteroatoms. The van der Waals surface area contributed by atoms with Gasteiger partial charge in [0.05, 0.1) is 24.0 Å². The molecule has 1 aliphatic rings. The van der Waals surface area contributed by atoms with Crippen LogP contribution >= 0.6 is 0 Å². The Labute approximate surface area is 140 Å². The van der Waals surface area contributed by atoms with Crippen molar-refractivity contribution in [1.82, 2.24) is 20.2 Å². The van der Waals surface area contributed by atoms with E-state index in [0.717, 1.165) is 11.4 Å². The SMILES string of the molecule is CN1CC(=O)NC1=N.C[C@@H](O)[C@H](N)C(=O)O.Cc1cnc(C)cn1. The Bertz CT molecular complexity index is 540. The van der Waals surface area contributed by atoms with Crippen molar-refractivity contribution in [2.45, 2.75) is 32.9 Å². The molecule has 1 aliphatic heterocycles. The van der Waals surface area contributed by atoms with E-state index < -0.39 is 18.1 Å².